The molecule has 6 nitrogen and oxygen atoms in total. The topological polar surface area (TPSA) is 59.1 Å². The Hall–Kier alpha value is -1.51. The van der Waals surface area contributed by atoms with Gasteiger partial charge in [0.1, 0.15) is 11.4 Å². The number of benzene rings is 1. The van der Waals surface area contributed by atoms with E-state index in [9.17, 15) is 9.59 Å². The van der Waals surface area contributed by atoms with E-state index in [1.807, 2.05) is 52.0 Å². The van der Waals surface area contributed by atoms with E-state index in [1.54, 1.807) is 9.80 Å². The minimum absolute atomic E-state index is 0.00261. The molecule has 1 atom stereocenters. The zero-order valence-corrected chi connectivity index (χ0v) is 17.3. The highest BCUT2D eigenvalue weighted by atomic mass is 127. The molecule has 138 valence electrons. The van der Waals surface area contributed by atoms with Crippen LogP contribution in [-0.4, -0.2) is 59.7 Å². The number of amides is 2. The van der Waals surface area contributed by atoms with Crippen molar-refractivity contribution in [2.75, 3.05) is 26.2 Å². The van der Waals surface area contributed by atoms with Gasteiger partial charge in [-0.3, -0.25) is 4.79 Å². The number of rotatable bonds is 3. The minimum atomic E-state index is -0.519. The second-order valence-corrected chi connectivity index (χ2v) is 8.35. The van der Waals surface area contributed by atoms with Crippen LogP contribution in [0.15, 0.2) is 24.3 Å². The zero-order chi connectivity index (χ0) is 18.6. The van der Waals surface area contributed by atoms with Crippen molar-refractivity contribution in [2.45, 2.75) is 39.3 Å². The van der Waals surface area contributed by atoms with Gasteiger partial charge in [0.15, 0.2) is 6.61 Å². The summed E-state index contributed by atoms with van der Waals surface area (Å²) in [6.45, 7) is 8.87. The summed E-state index contributed by atoms with van der Waals surface area (Å²) in [5.74, 6) is 0.601. The largest absolute Gasteiger partial charge is 0.484 e. The average molecular weight is 460 g/mol. The van der Waals surface area contributed by atoms with Crippen LogP contribution in [0.2, 0.25) is 0 Å². The molecule has 7 heteroatoms. The fraction of sp³-hybridized carbons (Fsp3) is 0.556. The summed E-state index contributed by atoms with van der Waals surface area (Å²) in [5, 5.41) is 0. The maximum Gasteiger partial charge on any atom is 0.410 e. The molecular weight excluding hydrogens is 435 g/mol. The highest BCUT2D eigenvalue weighted by Gasteiger charge is 2.32. The number of nitrogens with zero attached hydrogens (tertiary/aromatic N) is 2. The van der Waals surface area contributed by atoms with Crippen LogP contribution in [0.1, 0.15) is 27.7 Å². The summed E-state index contributed by atoms with van der Waals surface area (Å²) in [5.41, 5.74) is -0.519. The summed E-state index contributed by atoms with van der Waals surface area (Å²) in [6.07, 6.45) is -0.332. The molecule has 25 heavy (non-hydrogen) atoms. The molecule has 2 rings (SSSR count). The lowest BCUT2D eigenvalue weighted by Crippen LogP contribution is -2.56. The highest BCUT2D eigenvalue weighted by molar-refractivity contribution is 14.1. The van der Waals surface area contributed by atoms with Crippen LogP contribution in [0.25, 0.3) is 0 Å². The predicted molar refractivity (Wildman–Crippen MR) is 104 cm³/mol. The van der Waals surface area contributed by atoms with Crippen molar-refractivity contribution in [1.82, 2.24) is 9.80 Å². The van der Waals surface area contributed by atoms with Crippen LogP contribution in [0.4, 0.5) is 4.79 Å². The van der Waals surface area contributed by atoms with Gasteiger partial charge >= 0.3 is 6.09 Å². The number of hydrogen-bond donors (Lipinski definition) is 0. The zero-order valence-electron chi connectivity index (χ0n) is 15.1. The first-order valence-electron chi connectivity index (χ1n) is 8.31. The van der Waals surface area contributed by atoms with Crippen LogP contribution in [0.5, 0.6) is 5.75 Å². The summed E-state index contributed by atoms with van der Waals surface area (Å²) in [6, 6.07) is 7.48. The standard InChI is InChI=1S/C18H25IN2O4/c1-13-11-20(17(23)25-18(2,3)4)9-10-21(13)16(22)12-24-15-7-5-14(19)6-8-15/h5-8,13H,9-12H2,1-4H3/t13-/m0/s1. The summed E-state index contributed by atoms with van der Waals surface area (Å²) >= 11 is 2.22. The molecule has 1 saturated heterocycles. The molecule has 0 aliphatic carbocycles. The Kier molecular flexibility index (Phi) is 6.53. The summed E-state index contributed by atoms with van der Waals surface area (Å²) in [4.78, 5) is 28.0. The smallest absolute Gasteiger partial charge is 0.410 e. The maximum absolute atomic E-state index is 12.4. The third-order valence-corrected chi connectivity index (χ3v) is 4.49. The van der Waals surface area contributed by atoms with Crippen molar-refractivity contribution >= 4 is 34.6 Å². The molecule has 0 aromatic heterocycles. The fourth-order valence-electron chi connectivity index (χ4n) is 2.58. The van der Waals surface area contributed by atoms with Gasteiger partial charge in [0.05, 0.1) is 0 Å². The van der Waals surface area contributed by atoms with E-state index < -0.39 is 5.60 Å². The Bertz CT molecular complexity index is 612. The number of piperazine rings is 1. The number of halogens is 1. The Morgan fingerprint density at radius 2 is 1.84 bits per heavy atom. The van der Waals surface area contributed by atoms with Gasteiger partial charge in [-0.2, -0.15) is 0 Å². The number of hydrogen-bond acceptors (Lipinski definition) is 4. The second kappa shape index (κ2) is 8.25. The van der Waals surface area contributed by atoms with Crippen LogP contribution >= 0.6 is 22.6 Å². The molecule has 0 N–H and O–H groups in total. The summed E-state index contributed by atoms with van der Waals surface area (Å²) in [7, 11) is 0. The molecule has 0 saturated carbocycles. The minimum Gasteiger partial charge on any atom is -0.484 e. The molecule has 1 aliphatic rings. The highest BCUT2D eigenvalue weighted by Crippen LogP contribution is 2.16. The van der Waals surface area contributed by atoms with Crippen LogP contribution in [0.3, 0.4) is 0 Å². The first-order chi connectivity index (χ1) is 11.7. The maximum atomic E-state index is 12.4. The van der Waals surface area contributed by atoms with Gasteiger partial charge in [-0.1, -0.05) is 0 Å². The second-order valence-electron chi connectivity index (χ2n) is 7.11. The molecule has 1 fully saturated rings. The number of carbonyl (C=O) groups is 2. The van der Waals surface area contributed by atoms with Crippen LogP contribution in [0, 0.1) is 3.57 Å². The molecule has 0 spiro atoms. The van der Waals surface area contributed by atoms with E-state index in [2.05, 4.69) is 22.6 Å². The van der Waals surface area contributed by atoms with Gasteiger partial charge in [-0.15, -0.1) is 0 Å². The first kappa shape index (κ1) is 19.8. The molecular formula is C18H25IN2O4. The van der Waals surface area contributed by atoms with Crippen molar-refractivity contribution in [3.8, 4) is 5.75 Å². The van der Waals surface area contributed by atoms with Gasteiger partial charge < -0.3 is 19.3 Å². The Balaban J connectivity index is 1.84. The number of carbonyl (C=O) groups excluding carboxylic acids is 2. The van der Waals surface area contributed by atoms with E-state index in [-0.39, 0.29) is 24.6 Å². The lowest BCUT2D eigenvalue weighted by Gasteiger charge is -2.40. The normalized spacial score (nSPS) is 18.0. The fourth-order valence-corrected chi connectivity index (χ4v) is 2.94. The van der Waals surface area contributed by atoms with E-state index in [1.165, 1.54) is 0 Å². The predicted octanol–water partition coefficient (Wildman–Crippen LogP) is 3.14. The van der Waals surface area contributed by atoms with E-state index in [4.69, 9.17) is 9.47 Å². The third kappa shape index (κ3) is 6.05. The molecule has 0 radical (unpaired) electrons. The van der Waals surface area contributed by atoms with E-state index >= 15 is 0 Å². The lowest BCUT2D eigenvalue weighted by molar-refractivity contribution is -0.137. The van der Waals surface area contributed by atoms with Crippen LogP contribution in [-0.2, 0) is 9.53 Å². The average Bonchev–Trinajstić information content (AvgIpc) is 2.52. The van der Waals surface area contributed by atoms with Gasteiger partial charge in [-0.05, 0) is 74.6 Å². The van der Waals surface area contributed by atoms with E-state index in [0.29, 0.717) is 25.4 Å². The molecule has 0 unspecified atom stereocenters. The first-order valence-corrected chi connectivity index (χ1v) is 9.39. The molecule has 1 aromatic rings. The summed E-state index contributed by atoms with van der Waals surface area (Å²) < 4.78 is 12.1. The monoisotopic (exact) mass is 460 g/mol. The Morgan fingerprint density at radius 1 is 1.20 bits per heavy atom. The van der Waals surface area contributed by atoms with Crippen molar-refractivity contribution in [3.05, 3.63) is 27.8 Å². The molecule has 1 heterocycles. The molecule has 0 bridgehead atoms. The third-order valence-electron chi connectivity index (χ3n) is 3.78. The molecule has 1 aromatic carbocycles. The SMILES string of the molecule is C[C@H]1CN(C(=O)OC(C)(C)C)CCN1C(=O)COc1ccc(I)cc1. The number of ether oxygens (including phenoxy) is 2. The quantitative estimate of drug-likeness (QED) is 0.651. The van der Waals surface area contributed by atoms with Gasteiger partial charge in [0, 0.05) is 29.2 Å². The van der Waals surface area contributed by atoms with Crippen LogP contribution < -0.4 is 4.74 Å². The Morgan fingerprint density at radius 3 is 2.40 bits per heavy atom. The van der Waals surface area contributed by atoms with Gasteiger partial charge in [0.25, 0.3) is 5.91 Å². The van der Waals surface area contributed by atoms with Gasteiger partial charge in [-0.25, -0.2) is 4.79 Å². The van der Waals surface area contributed by atoms with Crippen molar-refractivity contribution in [2.24, 2.45) is 0 Å². The Labute approximate surface area is 162 Å². The lowest BCUT2D eigenvalue weighted by atomic mass is 10.2. The molecule has 2 amide bonds. The van der Waals surface area contributed by atoms with Crippen molar-refractivity contribution in [1.29, 1.82) is 0 Å². The van der Waals surface area contributed by atoms with Gasteiger partial charge in [0.2, 0.25) is 0 Å². The molecule has 1 aliphatic heterocycles. The van der Waals surface area contributed by atoms with Crippen molar-refractivity contribution < 1.29 is 19.1 Å². The van der Waals surface area contributed by atoms with E-state index in [0.717, 1.165) is 3.57 Å². The van der Waals surface area contributed by atoms with Crippen molar-refractivity contribution in [3.63, 3.8) is 0 Å².